The van der Waals surface area contributed by atoms with Crippen LogP contribution in [0.25, 0.3) is 0 Å². The quantitative estimate of drug-likeness (QED) is 0.325. The fraction of sp³-hybridized carbons (Fsp3) is 0.250. The molecule has 0 unspecified atom stereocenters. The van der Waals surface area contributed by atoms with Crippen molar-refractivity contribution in [3.05, 3.63) is 24.9 Å². The number of esters is 1. The summed E-state index contributed by atoms with van der Waals surface area (Å²) < 4.78 is 4.63. The molecular weight excluding hydrogens is 172 g/mol. The second-order valence-electron chi connectivity index (χ2n) is 2.06. The Morgan fingerprint density at radius 2 is 2.23 bits per heavy atom. The minimum absolute atomic E-state index is 0.216. The molecule has 0 aromatic heterocycles. The van der Waals surface area contributed by atoms with Gasteiger partial charge in [0.15, 0.2) is 0 Å². The van der Waals surface area contributed by atoms with Crippen LogP contribution in [-0.4, -0.2) is 25.0 Å². The lowest BCUT2D eigenvalue weighted by atomic mass is 10.5. The van der Waals surface area contributed by atoms with Crippen molar-refractivity contribution in [2.45, 2.75) is 0 Å². The van der Waals surface area contributed by atoms with Crippen LogP contribution >= 0.6 is 0 Å². The molecule has 0 aliphatic heterocycles. The Morgan fingerprint density at radius 3 is 2.77 bits per heavy atom. The summed E-state index contributed by atoms with van der Waals surface area (Å²) in [5.41, 5.74) is 4.81. The molecule has 0 bridgehead atoms. The molecule has 0 heterocycles. The average Bonchev–Trinajstić information content (AvgIpc) is 2.10. The van der Waals surface area contributed by atoms with Gasteiger partial charge in [-0.1, -0.05) is 6.58 Å². The number of carbonyl (C=O) groups is 2. The van der Waals surface area contributed by atoms with Crippen LogP contribution in [0, 0.1) is 0 Å². The number of carbonyl (C=O) groups excluding carboxylic acids is 2. The fourth-order valence-electron chi connectivity index (χ4n) is 0.494. The number of nitrogens with two attached hydrogens (primary N) is 1. The van der Waals surface area contributed by atoms with E-state index >= 15 is 0 Å². The van der Waals surface area contributed by atoms with E-state index in [1.54, 1.807) is 0 Å². The molecule has 3 N–H and O–H groups in total. The van der Waals surface area contributed by atoms with Crippen molar-refractivity contribution in [2.75, 3.05) is 13.2 Å². The maximum Gasteiger partial charge on any atom is 0.330 e. The lowest BCUT2D eigenvalue weighted by Gasteiger charge is -2.00. The van der Waals surface area contributed by atoms with E-state index in [1.807, 2.05) is 0 Å². The molecule has 0 spiro atoms. The second-order valence-corrected chi connectivity index (χ2v) is 2.06. The zero-order valence-electron chi connectivity index (χ0n) is 7.16. The fourth-order valence-corrected chi connectivity index (χ4v) is 0.494. The van der Waals surface area contributed by atoms with Gasteiger partial charge in [0.05, 0.1) is 0 Å². The summed E-state index contributed by atoms with van der Waals surface area (Å²) in [6.45, 7) is 3.86. The molecule has 0 aliphatic rings. The highest BCUT2D eigenvalue weighted by molar-refractivity contribution is 5.85. The number of hydrogen-bond donors (Lipinski definition) is 2. The van der Waals surface area contributed by atoms with Gasteiger partial charge in [0.25, 0.3) is 0 Å². The van der Waals surface area contributed by atoms with Crippen molar-refractivity contribution in [3.8, 4) is 0 Å². The van der Waals surface area contributed by atoms with Crippen molar-refractivity contribution < 1.29 is 14.3 Å². The molecule has 13 heavy (non-hydrogen) atoms. The van der Waals surface area contributed by atoms with Crippen LogP contribution < -0.4 is 11.1 Å². The van der Waals surface area contributed by atoms with Crippen molar-refractivity contribution >= 4 is 11.9 Å². The summed E-state index contributed by atoms with van der Waals surface area (Å²) in [5, 5.41) is 2.70. The number of primary amides is 1. The number of amides is 1. The predicted molar refractivity (Wildman–Crippen MR) is 47.5 cm³/mol. The first-order valence-corrected chi connectivity index (χ1v) is 3.65. The lowest BCUT2D eigenvalue weighted by molar-refractivity contribution is -0.137. The van der Waals surface area contributed by atoms with Gasteiger partial charge in [-0.2, -0.15) is 0 Å². The van der Waals surface area contributed by atoms with Gasteiger partial charge < -0.3 is 15.8 Å². The number of nitrogens with one attached hydrogen (secondary N) is 1. The Kier molecular flexibility index (Phi) is 5.96. The molecular formula is C8H12N2O3. The highest BCUT2D eigenvalue weighted by Crippen LogP contribution is 1.77. The van der Waals surface area contributed by atoms with E-state index in [2.05, 4.69) is 16.6 Å². The van der Waals surface area contributed by atoms with Gasteiger partial charge in [0, 0.05) is 24.9 Å². The van der Waals surface area contributed by atoms with Gasteiger partial charge in [0.1, 0.15) is 6.61 Å². The Bertz CT molecular complexity index is 223. The Morgan fingerprint density at radius 1 is 1.54 bits per heavy atom. The van der Waals surface area contributed by atoms with Crippen molar-refractivity contribution in [3.63, 3.8) is 0 Å². The first-order chi connectivity index (χ1) is 6.16. The topological polar surface area (TPSA) is 81.4 Å². The summed E-state index contributed by atoms with van der Waals surface area (Å²) in [7, 11) is 0. The van der Waals surface area contributed by atoms with Crippen molar-refractivity contribution in [1.29, 1.82) is 0 Å². The summed E-state index contributed by atoms with van der Waals surface area (Å²) in [5.74, 6) is -1.00. The maximum absolute atomic E-state index is 10.5. The normalized spacial score (nSPS) is 9.54. The highest BCUT2D eigenvalue weighted by Gasteiger charge is 1.92. The van der Waals surface area contributed by atoms with Gasteiger partial charge in [-0.25, -0.2) is 4.79 Å². The summed E-state index contributed by atoms with van der Waals surface area (Å²) >= 11 is 0. The summed E-state index contributed by atoms with van der Waals surface area (Å²) in [6.07, 6.45) is 3.65. The number of hydrogen-bond acceptors (Lipinski definition) is 4. The summed E-state index contributed by atoms with van der Waals surface area (Å²) in [6, 6.07) is 0. The third-order valence-electron chi connectivity index (χ3n) is 1.02. The van der Waals surface area contributed by atoms with Crippen LogP contribution in [0.15, 0.2) is 24.9 Å². The third-order valence-corrected chi connectivity index (χ3v) is 1.02. The minimum Gasteiger partial charge on any atom is -0.461 e. The molecule has 5 heteroatoms. The Hall–Kier alpha value is -1.78. The predicted octanol–water partition coefficient (Wildman–Crippen LogP) is -0.696. The molecule has 0 radical (unpaired) electrons. The molecule has 0 aromatic carbocycles. The SMILES string of the molecule is C=CC(=O)OCCNC=CC(N)=O. The van der Waals surface area contributed by atoms with E-state index in [0.717, 1.165) is 6.08 Å². The summed E-state index contributed by atoms with van der Waals surface area (Å²) in [4.78, 5) is 20.7. The van der Waals surface area contributed by atoms with E-state index in [9.17, 15) is 9.59 Å². The van der Waals surface area contributed by atoms with E-state index in [4.69, 9.17) is 5.73 Å². The van der Waals surface area contributed by atoms with Crippen LogP contribution in [0.2, 0.25) is 0 Å². The zero-order valence-corrected chi connectivity index (χ0v) is 7.16. The zero-order chi connectivity index (χ0) is 10.1. The smallest absolute Gasteiger partial charge is 0.330 e. The van der Waals surface area contributed by atoms with E-state index in [0.29, 0.717) is 6.54 Å². The monoisotopic (exact) mass is 184 g/mol. The van der Waals surface area contributed by atoms with Gasteiger partial charge in [-0.05, 0) is 0 Å². The molecule has 0 saturated heterocycles. The second kappa shape index (κ2) is 6.90. The molecule has 0 rings (SSSR count). The van der Waals surface area contributed by atoms with Gasteiger partial charge in [-0.3, -0.25) is 4.79 Å². The van der Waals surface area contributed by atoms with Gasteiger partial charge in [-0.15, -0.1) is 0 Å². The molecule has 0 fully saturated rings. The van der Waals surface area contributed by atoms with E-state index in [-0.39, 0.29) is 6.61 Å². The van der Waals surface area contributed by atoms with Crippen LogP contribution in [0.5, 0.6) is 0 Å². The first kappa shape index (κ1) is 11.2. The van der Waals surface area contributed by atoms with E-state index in [1.165, 1.54) is 12.3 Å². The van der Waals surface area contributed by atoms with Gasteiger partial charge in [0.2, 0.25) is 5.91 Å². The third kappa shape index (κ3) is 8.12. The van der Waals surface area contributed by atoms with Crippen LogP contribution in [0.1, 0.15) is 0 Å². The molecule has 0 atom stereocenters. The van der Waals surface area contributed by atoms with Crippen LogP contribution in [0.3, 0.4) is 0 Å². The first-order valence-electron chi connectivity index (χ1n) is 3.65. The van der Waals surface area contributed by atoms with Crippen LogP contribution in [0.4, 0.5) is 0 Å². The van der Waals surface area contributed by atoms with E-state index < -0.39 is 11.9 Å². The lowest BCUT2D eigenvalue weighted by Crippen LogP contribution is -2.17. The molecule has 0 aromatic rings. The molecule has 5 nitrogen and oxygen atoms in total. The minimum atomic E-state index is -0.532. The highest BCUT2D eigenvalue weighted by atomic mass is 16.5. The molecule has 72 valence electrons. The van der Waals surface area contributed by atoms with Gasteiger partial charge >= 0.3 is 5.97 Å². The average molecular weight is 184 g/mol. The molecule has 0 saturated carbocycles. The number of rotatable bonds is 6. The van der Waals surface area contributed by atoms with Crippen LogP contribution in [-0.2, 0) is 14.3 Å². The largest absolute Gasteiger partial charge is 0.461 e. The molecule has 0 aliphatic carbocycles. The van der Waals surface area contributed by atoms with Crippen molar-refractivity contribution in [1.82, 2.24) is 5.32 Å². The Balaban J connectivity index is 3.31. The standard InChI is InChI=1S/C8H12N2O3/c1-2-8(12)13-6-5-10-4-3-7(9)11/h2-4,10H,1,5-6H2,(H2,9,11). The maximum atomic E-state index is 10.5. The Labute approximate surface area is 76.2 Å². The molecule has 1 amide bonds. The number of ether oxygens (including phenoxy) is 1. The van der Waals surface area contributed by atoms with Crippen molar-refractivity contribution in [2.24, 2.45) is 5.73 Å².